The summed E-state index contributed by atoms with van der Waals surface area (Å²) in [4.78, 5) is 25.3. The van der Waals surface area contributed by atoms with Crippen LogP contribution < -0.4 is 9.47 Å². The number of ether oxygens (including phenoxy) is 2. The lowest BCUT2D eigenvalue weighted by Crippen LogP contribution is -2.28. The number of amides is 1. The molecule has 0 N–H and O–H groups in total. The Morgan fingerprint density at radius 2 is 1.60 bits per heavy atom. The first-order chi connectivity index (χ1) is 20.2. The first-order valence-corrected chi connectivity index (χ1v) is 13.4. The van der Waals surface area contributed by atoms with Crippen LogP contribution in [0.3, 0.4) is 0 Å². The van der Waals surface area contributed by atoms with Gasteiger partial charge in [-0.25, -0.2) is 22.6 Å². The van der Waals surface area contributed by atoms with Gasteiger partial charge < -0.3 is 9.47 Å². The van der Waals surface area contributed by atoms with Crippen molar-refractivity contribution in [2.75, 3.05) is 7.11 Å². The zero-order chi connectivity index (χ0) is 30.0. The van der Waals surface area contributed by atoms with Gasteiger partial charge in [0.05, 0.1) is 7.11 Å². The van der Waals surface area contributed by atoms with Crippen LogP contribution in [0.1, 0.15) is 49.7 Å². The Kier molecular flexibility index (Phi) is 8.30. The average Bonchev–Trinajstić information content (AvgIpc) is 3.41. The number of hydrogen-bond donors (Lipinski definition) is 0. The second-order valence-corrected chi connectivity index (χ2v) is 10.3. The highest BCUT2D eigenvalue weighted by molar-refractivity contribution is 8.14. The number of halogens is 4. The SMILES string of the molecule is COc1c(OCc2cccc(C(C)=O)c2)cccc1C1SC(c2ccc(F)cc2)=NN1C(=O)c1c(F)cc(F)cc1F. The lowest BCUT2D eigenvalue weighted by molar-refractivity contribution is 0.0737. The molecule has 1 aliphatic heterocycles. The Morgan fingerprint density at radius 3 is 2.26 bits per heavy atom. The smallest absolute Gasteiger partial charge is 0.281 e. The molecule has 1 heterocycles. The molecule has 0 fully saturated rings. The molecule has 1 amide bonds. The van der Waals surface area contributed by atoms with E-state index in [0.29, 0.717) is 34.6 Å². The Balaban J connectivity index is 1.53. The zero-order valence-corrected chi connectivity index (χ0v) is 23.1. The van der Waals surface area contributed by atoms with Crippen LogP contribution in [0.4, 0.5) is 17.6 Å². The van der Waals surface area contributed by atoms with Crippen LogP contribution >= 0.6 is 11.8 Å². The molecule has 0 bridgehead atoms. The molecule has 0 saturated carbocycles. The topological polar surface area (TPSA) is 68.2 Å². The second-order valence-electron chi connectivity index (χ2n) is 9.20. The van der Waals surface area contributed by atoms with Gasteiger partial charge in [-0.1, -0.05) is 42.1 Å². The summed E-state index contributed by atoms with van der Waals surface area (Å²) < 4.78 is 68.2. The van der Waals surface area contributed by atoms with Crippen molar-refractivity contribution < 1.29 is 36.6 Å². The van der Waals surface area contributed by atoms with Crippen molar-refractivity contribution in [1.82, 2.24) is 5.01 Å². The fourth-order valence-corrected chi connectivity index (χ4v) is 5.53. The molecular weight excluding hydrogens is 572 g/mol. The Hall–Kier alpha value is -4.64. The van der Waals surface area contributed by atoms with Gasteiger partial charge in [0.25, 0.3) is 5.91 Å². The number of thioether (sulfide) groups is 1. The second kappa shape index (κ2) is 12.1. The molecule has 0 saturated heterocycles. The third-order valence-corrected chi connectivity index (χ3v) is 7.59. The van der Waals surface area contributed by atoms with Crippen molar-refractivity contribution in [3.63, 3.8) is 0 Å². The molecular formula is C31H22F4N2O4S. The third-order valence-electron chi connectivity index (χ3n) is 6.37. The van der Waals surface area contributed by atoms with E-state index in [1.165, 1.54) is 38.3 Å². The molecule has 4 aromatic rings. The Labute approximate surface area is 242 Å². The minimum atomic E-state index is -1.39. The maximum atomic E-state index is 14.7. The number of para-hydroxylation sites is 1. The van der Waals surface area contributed by atoms with Crippen LogP contribution in [-0.4, -0.2) is 28.9 Å². The molecule has 6 nitrogen and oxygen atoms in total. The summed E-state index contributed by atoms with van der Waals surface area (Å²) in [5.41, 5.74) is 1.11. The maximum Gasteiger partial charge on any atom is 0.281 e. The van der Waals surface area contributed by atoms with Crippen LogP contribution in [0.5, 0.6) is 11.5 Å². The summed E-state index contributed by atoms with van der Waals surface area (Å²) in [6.45, 7) is 1.55. The van der Waals surface area contributed by atoms with Gasteiger partial charge in [0.2, 0.25) is 0 Å². The van der Waals surface area contributed by atoms with Crippen molar-refractivity contribution in [2.24, 2.45) is 5.10 Å². The van der Waals surface area contributed by atoms with Crippen molar-refractivity contribution in [2.45, 2.75) is 18.9 Å². The van der Waals surface area contributed by atoms with Crippen molar-refractivity contribution >= 4 is 28.5 Å². The number of benzene rings is 4. The molecule has 5 rings (SSSR count). The van der Waals surface area contributed by atoms with E-state index in [-0.39, 0.29) is 23.2 Å². The minimum Gasteiger partial charge on any atom is -0.492 e. The van der Waals surface area contributed by atoms with E-state index in [9.17, 15) is 27.2 Å². The zero-order valence-electron chi connectivity index (χ0n) is 22.2. The molecule has 1 unspecified atom stereocenters. The fourth-order valence-electron chi connectivity index (χ4n) is 4.36. The van der Waals surface area contributed by atoms with Gasteiger partial charge in [-0.15, -0.1) is 0 Å². The summed E-state index contributed by atoms with van der Waals surface area (Å²) in [6, 6.07) is 18.0. The van der Waals surface area contributed by atoms with Crippen LogP contribution in [-0.2, 0) is 6.61 Å². The number of rotatable bonds is 8. The molecule has 0 radical (unpaired) electrons. The third kappa shape index (κ3) is 5.87. The maximum absolute atomic E-state index is 14.7. The number of carbonyl (C=O) groups excluding carboxylic acids is 2. The van der Waals surface area contributed by atoms with Gasteiger partial charge in [0.1, 0.15) is 45.9 Å². The standard InChI is InChI=1S/C31H22F4N2O4S/c1-17(38)20-6-3-5-18(13-20)16-41-26-8-4-7-23(28(26)40-2)31-37(30(39)27-24(34)14-22(33)15-25(27)35)36-29(42-31)19-9-11-21(32)12-10-19/h3-15,31H,16H2,1-2H3. The number of hydrazone groups is 1. The molecule has 11 heteroatoms. The molecule has 42 heavy (non-hydrogen) atoms. The largest absolute Gasteiger partial charge is 0.492 e. The highest BCUT2D eigenvalue weighted by Crippen LogP contribution is 2.48. The lowest BCUT2D eigenvalue weighted by atomic mass is 10.1. The molecule has 214 valence electrons. The van der Waals surface area contributed by atoms with E-state index < -0.39 is 40.1 Å². The van der Waals surface area contributed by atoms with Crippen molar-refractivity contribution in [3.8, 4) is 11.5 Å². The molecule has 0 spiro atoms. The van der Waals surface area contributed by atoms with E-state index in [1.807, 2.05) is 0 Å². The van der Waals surface area contributed by atoms with Crippen LogP contribution in [0.25, 0.3) is 0 Å². The Morgan fingerprint density at radius 1 is 0.905 bits per heavy atom. The van der Waals surface area contributed by atoms with Crippen molar-refractivity contribution in [3.05, 3.63) is 130 Å². The summed E-state index contributed by atoms with van der Waals surface area (Å²) in [6.07, 6.45) is 0. The summed E-state index contributed by atoms with van der Waals surface area (Å²) in [5.74, 6) is -5.16. The van der Waals surface area contributed by atoms with E-state index in [0.717, 1.165) is 22.3 Å². The average molecular weight is 595 g/mol. The van der Waals surface area contributed by atoms with Gasteiger partial charge in [-0.3, -0.25) is 9.59 Å². The van der Waals surface area contributed by atoms with Gasteiger partial charge in [0.15, 0.2) is 17.3 Å². The highest BCUT2D eigenvalue weighted by atomic mass is 32.2. The molecule has 1 atom stereocenters. The van der Waals surface area contributed by atoms with Gasteiger partial charge >= 0.3 is 0 Å². The number of ketones is 1. The molecule has 1 aliphatic rings. The number of Topliss-reactive ketones (excluding diaryl/α,β-unsaturated/α-hetero) is 1. The van der Waals surface area contributed by atoms with E-state index in [4.69, 9.17) is 9.47 Å². The highest BCUT2D eigenvalue weighted by Gasteiger charge is 2.39. The van der Waals surface area contributed by atoms with Crippen LogP contribution in [0, 0.1) is 23.3 Å². The first-order valence-electron chi connectivity index (χ1n) is 12.5. The van der Waals surface area contributed by atoms with E-state index in [2.05, 4.69) is 5.10 Å². The van der Waals surface area contributed by atoms with Crippen molar-refractivity contribution in [1.29, 1.82) is 0 Å². The molecule has 0 aliphatic carbocycles. The first kappa shape index (κ1) is 28.9. The number of hydrogen-bond acceptors (Lipinski definition) is 6. The fraction of sp³-hybridized carbons (Fsp3) is 0.129. The number of nitrogens with zero attached hydrogens (tertiary/aromatic N) is 2. The quantitative estimate of drug-likeness (QED) is 0.158. The monoisotopic (exact) mass is 594 g/mol. The van der Waals surface area contributed by atoms with Crippen LogP contribution in [0.15, 0.2) is 84.0 Å². The summed E-state index contributed by atoms with van der Waals surface area (Å²) in [5, 5.41) is 4.48. The predicted octanol–water partition coefficient (Wildman–Crippen LogP) is 7.28. The Bertz CT molecular complexity index is 1690. The predicted molar refractivity (Wildman–Crippen MR) is 150 cm³/mol. The normalized spacial score (nSPS) is 14.5. The van der Waals surface area contributed by atoms with Gasteiger partial charge in [-0.2, -0.15) is 5.10 Å². The number of carbonyl (C=O) groups is 2. The lowest BCUT2D eigenvalue weighted by Gasteiger charge is -2.24. The van der Waals surface area contributed by atoms with Gasteiger partial charge in [0, 0.05) is 28.8 Å². The van der Waals surface area contributed by atoms with E-state index >= 15 is 0 Å². The van der Waals surface area contributed by atoms with Crippen LogP contribution in [0.2, 0.25) is 0 Å². The summed E-state index contributed by atoms with van der Waals surface area (Å²) in [7, 11) is 1.40. The molecule has 4 aromatic carbocycles. The minimum absolute atomic E-state index is 0.0880. The number of methoxy groups -OCH3 is 1. The van der Waals surface area contributed by atoms with E-state index in [1.54, 1.807) is 42.5 Å². The molecule has 0 aromatic heterocycles. The summed E-state index contributed by atoms with van der Waals surface area (Å²) >= 11 is 1.07. The van der Waals surface area contributed by atoms with Gasteiger partial charge in [-0.05, 0) is 48.9 Å².